The first-order chi connectivity index (χ1) is 14.2. The molecule has 6 nitrogen and oxygen atoms in total. The normalized spacial score (nSPS) is 25.4. The number of carbonyl (C=O) groups is 2. The van der Waals surface area contributed by atoms with Gasteiger partial charge in [0.25, 0.3) is 5.92 Å². The lowest BCUT2D eigenvalue weighted by molar-refractivity contribution is -0.139. The third-order valence-electron chi connectivity index (χ3n) is 5.38. The van der Waals surface area contributed by atoms with Gasteiger partial charge >= 0.3 is 11.9 Å². The molecule has 0 unspecified atom stereocenters. The lowest BCUT2D eigenvalue weighted by Crippen LogP contribution is -2.32. The van der Waals surface area contributed by atoms with E-state index in [2.05, 4.69) is 0 Å². The number of esters is 1. The maximum absolute atomic E-state index is 14.1. The first kappa shape index (κ1) is 24.0. The van der Waals surface area contributed by atoms with Crippen LogP contribution in [0.4, 0.5) is 8.78 Å². The van der Waals surface area contributed by atoms with Crippen molar-refractivity contribution in [3.05, 3.63) is 48.0 Å². The van der Waals surface area contributed by atoms with E-state index in [0.717, 1.165) is 6.08 Å². The number of carbonyl (C=O) groups excluding carboxylic acids is 1. The molecule has 1 aliphatic carbocycles. The topological polar surface area (TPSA) is 104 Å². The predicted octanol–water partition coefficient (Wildman–Crippen LogP) is 3.43. The highest BCUT2D eigenvalue weighted by atomic mass is 19.3. The molecule has 0 heterocycles. The lowest BCUT2D eigenvalue weighted by atomic mass is 9.89. The molecule has 5 atom stereocenters. The van der Waals surface area contributed by atoms with Crippen molar-refractivity contribution in [1.29, 1.82) is 0 Å². The van der Waals surface area contributed by atoms with Crippen molar-refractivity contribution in [3.63, 3.8) is 0 Å². The van der Waals surface area contributed by atoms with E-state index in [-0.39, 0.29) is 18.4 Å². The number of halogens is 2. The summed E-state index contributed by atoms with van der Waals surface area (Å²) in [5, 5.41) is 29.4. The fourth-order valence-electron chi connectivity index (χ4n) is 3.68. The fraction of sp³-hybridized carbons (Fsp3) is 0.545. The Morgan fingerprint density at radius 3 is 2.57 bits per heavy atom. The van der Waals surface area contributed by atoms with Gasteiger partial charge in [0, 0.05) is 24.7 Å². The highest BCUT2D eigenvalue weighted by molar-refractivity contribution is 5.89. The van der Waals surface area contributed by atoms with Gasteiger partial charge < -0.3 is 20.1 Å². The number of alkyl halides is 2. The summed E-state index contributed by atoms with van der Waals surface area (Å²) in [4.78, 5) is 23.6. The second kappa shape index (κ2) is 10.6. The zero-order valence-electron chi connectivity index (χ0n) is 16.8. The van der Waals surface area contributed by atoms with Crippen LogP contribution in [-0.4, -0.2) is 51.5 Å². The van der Waals surface area contributed by atoms with Gasteiger partial charge in [0.1, 0.15) is 12.2 Å². The van der Waals surface area contributed by atoms with Gasteiger partial charge in [-0.05, 0) is 18.6 Å². The minimum atomic E-state index is -3.33. The van der Waals surface area contributed by atoms with Gasteiger partial charge in [0.05, 0.1) is 18.1 Å². The average molecular weight is 426 g/mol. The highest BCUT2D eigenvalue weighted by Gasteiger charge is 2.45. The van der Waals surface area contributed by atoms with E-state index in [4.69, 9.17) is 9.84 Å². The van der Waals surface area contributed by atoms with E-state index < -0.39 is 60.9 Å². The van der Waals surface area contributed by atoms with E-state index in [9.17, 15) is 28.6 Å². The first-order valence-electron chi connectivity index (χ1n) is 10.1. The Morgan fingerprint density at radius 2 is 1.97 bits per heavy atom. The number of carboxylic acid groups (broad SMARTS) is 1. The number of unbranched alkanes of at least 4 members (excludes halogenated alkanes) is 1. The number of ether oxygens (including phenoxy) is 1. The van der Waals surface area contributed by atoms with Gasteiger partial charge in [-0.25, -0.2) is 13.6 Å². The smallest absolute Gasteiger partial charge is 0.338 e. The molecule has 1 aromatic rings. The van der Waals surface area contributed by atoms with E-state index in [1.165, 1.54) is 6.08 Å². The Labute approximate surface area is 174 Å². The number of hydrogen-bond donors (Lipinski definition) is 3. The Morgan fingerprint density at radius 1 is 1.30 bits per heavy atom. The van der Waals surface area contributed by atoms with Crippen LogP contribution in [0.25, 0.3) is 0 Å². The average Bonchev–Trinajstić information content (AvgIpc) is 2.98. The van der Waals surface area contributed by atoms with Gasteiger partial charge in [0.15, 0.2) is 0 Å². The summed E-state index contributed by atoms with van der Waals surface area (Å²) in [5.41, 5.74) is 0.280. The predicted molar refractivity (Wildman–Crippen MR) is 105 cm³/mol. The van der Waals surface area contributed by atoms with Crippen molar-refractivity contribution in [2.45, 2.75) is 63.3 Å². The third kappa shape index (κ3) is 6.34. The summed E-state index contributed by atoms with van der Waals surface area (Å²) < 4.78 is 33.6. The van der Waals surface area contributed by atoms with Crippen LogP contribution < -0.4 is 0 Å². The number of carboxylic acids is 1. The molecule has 166 valence electrons. The standard InChI is InChI=1S/C22H28F2O6/c1-2-3-11-22(23,24)19(26)10-9-15-16(12-20(27)28)17(25)13-18(15)30-21(29)14-7-5-4-6-8-14/h4-10,15-19,25-26H,2-3,11-13H2,1H3,(H,27,28)/t15-,16-,17+,18-,19+/m1/s1. The molecule has 2 rings (SSSR count). The van der Waals surface area contributed by atoms with Crippen LogP contribution in [-0.2, 0) is 9.53 Å². The van der Waals surface area contributed by atoms with E-state index in [1.54, 1.807) is 37.3 Å². The van der Waals surface area contributed by atoms with Gasteiger partial charge in [-0.3, -0.25) is 4.79 Å². The molecule has 0 radical (unpaired) electrons. The van der Waals surface area contributed by atoms with Crippen molar-refractivity contribution in [2.24, 2.45) is 11.8 Å². The van der Waals surface area contributed by atoms with Crippen LogP contribution in [0.1, 0.15) is 49.4 Å². The van der Waals surface area contributed by atoms with Gasteiger partial charge in [-0.2, -0.15) is 0 Å². The van der Waals surface area contributed by atoms with Gasteiger partial charge in [-0.1, -0.05) is 43.7 Å². The molecule has 3 N–H and O–H groups in total. The summed E-state index contributed by atoms with van der Waals surface area (Å²) in [6.45, 7) is 1.76. The van der Waals surface area contributed by atoms with Gasteiger partial charge in [0.2, 0.25) is 0 Å². The van der Waals surface area contributed by atoms with Crippen LogP contribution >= 0.6 is 0 Å². The van der Waals surface area contributed by atoms with Crippen molar-refractivity contribution in [2.75, 3.05) is 0 Å². The highest BCUT2D eigenvalue weighted by Crippen LogP contribution is 2.39. The SMILES string of the molecule is CCCCC(F)(F)[C@@H](O)C=C[C@@H]1[C@@H](CC(=O)O)[C@@H](O)C[C@H]1OC(=O)c1ccccc1. The first-order valence-corrected chi connectivity index (χ1v) is 10.1. The van der Waals surface area contributed by atoms with E-state index >= 15 is 0 Å². The molecule has 0 saturated heterocycles. The van der Waals surface area contributed by atoms with Gasteiger partial charge in [-0.15, -0.1) is 0 Å². The molecule has 0 aliphatic heterocycles. The molecule has 1 fully saturated rings. The number of benzene rings is 1. The fourth-order valence-corrected chi connectivity index (χ4v) is 3.68. The van der Waals surface area contributed by atoms with Crippen molar-refractivity contribution >= 4 is 11.9 Å². The Hall–Kier alpha value is -2.32. The lowest BCUT2D eigenvalue weighted by Gasteiger charge is -2.24. The number of aliphatic hydroxyl groups is 2. The molecule has 0 aromatic heterocycles. The zero-order valence-corrected chi connectivity index (χ0v) is 16.8. The largest absolute Gasteiger partial charge is 0.481 e. The van der Waals surface area contributed by atoms with Crippen molar-refractivity contribution in [1.82, 2.24) is 0 Å². The Kier molecular flexibility index (Phi) is 8.49. The Balaban J connectivity index is 2.19. The molecule has 0 amide bonds. The second-order valence-corrected chi connectivity index (χ2v) is 7.65. The number of aliphatic carboxylic acids is 1. The van der Waals surface area contributed by atoms with E-state index in [0.29, 0.717) is 6.42 Å². The minimum absolute atomic E-state index is 0.0200. The number of hydrogen-bond acceptors (Lipinski definition) is 5. The second-order valence-electron chi connectivity index (χ2n) is 7.65. The molecule has 30 heavy (non-hydrogen) atoms. The van der Waals surface area contributed by atoms with Crippen LogP contribution in [0, 0.1) is 11.8 Å². The van der Waals surface area contributed by atoms with Crippen LogP contribution in [0.3, 0.4) is 0 Å². The molecule has 1 aliphatic rings. The molecule has 0 bridgehead atoms. The molecule has 8 heteroatoms. The van der Waals surface area contributed by atoms with Crippen molar-refractivity contribution in [3.8, 4) is 0 Å². The van der Waals surface area contributed by atoms with Crippen LogP contribution in [0.15, 0.2) is 42.5 Å². The van der Waals surface area contributed by atoms with Crippen molar-refractivity contribution < 1.29 is 38.4 Å². The maximum Gasteiger partial charge on any atom is 0.338 e. The molecule has 0 spiro atoms. The third-order valence-corrected chi connectivity index (χ3v) is 5.38. The summed E-state index contributed by atoms with van der Waals surface area (Å²) in [7, 11) is 0. The molecule has 1 saturated carbocycles. The quantitative estimate of drug-likeness (QED) is 0.391. The van der Waals surface area contributed by atoms with Crippen LogP contribution in [0.5, 0.6) is 0 Å². The molecule has 1 aromatic carbocycles. The summed E-state index contributed by atoms with van der Waals surface area (Å²) >= 11 is 0. The number of aliphatic hydroxyl groups excluding tert-OH is 2. The monoisotopic (exact) mass is 426 g/mol. The number of rotatable bonds is 10. The molecular weight excluding hydrogens is 398 g/mol. The maximum atomic E-state index is 14.1. The molecular formula is C22H28F2O6. The Bertz CT molecular complexity index is 736. The zero-order chi connectivity index (χ0) is 22.3. The summed E-state index contributed by atoms with van der Waals surface area (Å²) in [6.07, 6.45) is -1.99. The minimum Gasteiger partial charge on any atom is -0.481 e. The summed E-state index contributed by atoms with van der Waals surface area (Å²) in [5.74, 6) is -6.80. The summed E-state index contributed by atoms with van der Waals surface area (Å²) in [6, 6.07) is 8.13. The van der Waals surface area contributed by atoms with E-state index in [1.807, 2.05) is 0 Å². The van der Waals surface area contributed by atoms with Crippen LogP contribution in [0.2, 0.25) is 0 Å².